The van der Waals surface area contributed by atoms with Gasteiger partial charge in [-0.25, -0.2) is 0 Å². The number of rotatable bonds is 1. The van der Waals surface area contributed by atoms with Crippen LogP contribution in [0.3, 0.4) is 0 Å². The van der Waals surface area contributed by atoms with E-state index in [9.17, 15) is 4.57 Å². The van der Waals surface area contributed by atoms with Gasteiger partial charge in [0.15, 0.2) is 0 Å². The van der Waals surface area contributed by atoms with E-state index in [0.29, 0.717) is 5.92 Å². The van der Waals surface area contributed by atoms with Crippen molar-refractivity contribution < 1.29 is 4.57 Å². The smallest absolute Gasteiger partial charge is 0.115 e. The van der Waals surface area contributed by atoms with Crippen LogP contribution in [-0.2, 0) is 4.57 Å². The van der Waals surface area contributed by atoms with E-state index in [2.05, 4.69) is 6.92 Å². The van der Waals surface area contributed by atoms with Crippen molar-refractivity contribution in [2.24, 2.45) is 5.92 Å². The van der Waals surface area contributed by atoms with Gasteiger partial charge in [-0.15, -0.1) is 0 Å². The number of hydrogen-bond donors (Lipinski definition) is 0. The second-order valence-corrected chi connectivity index (χ2v) is 7.13. The zero-order valence-electron chi connectivity index (χ0n) is 7.94. The highest BCUT2D eigenvalue weighted by Gasteiger charge is 2.32. The minimum absolute atomic E-state index is 0.644. The maximum atomic E-state index is 12.4. The lowest BCUT2D eigenvalue weighted by Gasteiger charge is -2.10. The Morgan fingerprint density at radius 2 is 2.00 bits per heavy atom. The van der Waals surface area contributed by atoms with Gasteiger partial charge >= 0.3 is 0 Å². The lowest BCUT2D eigenvalue weighted by Crippen LogP contribution is -2.05. The van der Waals surface area contributed by atoms with E-state index in [1.807, 2.05) is 30.3 Å². The van der Waals surface area contributed by atoms with Crippen molar-refractivity contribution in [3.8, 4) is 0 Å². The van der Waals surface area contributed by atoms with Crippen molar-refractivity contribution in [2.75, 3.05) is 12.3 Å². The van der Waals surface area contributed by atoms with Gasteiger partial charge in [0, 0.05) is 17.6 Å². The Morgan fingerprint density at radius 1 is 1.31 bits per heavy atom. The molecule has 2 rings (SSSR count). The van der Waals surface area contributed by atoms with Gasteiger partial charge in [0.2, 0.25) is 0 Å². The summed E-state index contributed by atoms with van der Waals surface area (Å²) in [6, 6.07) is 9.97. The molecule has 70 valence electrons. The van der Waals surface area contributed by atoms with Crippen LogP contribution in [-0.4, -0.2) is 12.3 Å². The van der Waals surface area contributed by atoms with Crippen molar-refractivity contribution in [2.45, 2.75) is 13.3 Å². The first-order valence-electron chi connectivity index (χ1n) is 4.84. The first kappa shape index (κ1) is 9.02. The first-order valence-corrected chi connectivity index (χ1v) is 6.92. The van der Waals surface area contributed by atoms with Crippen LogP contribution in [0, 0.1) is 5.92 Å². The molecule has 0 saturated carbocycles. The average Bonchev–Trinajstić information content (AvgIpc) is 2.49. The summed E-state index contributed by atoms with van der Waals surface area (Å²) >= 11 is 0. The molecule has 13 heavy (non-hydrogen) atoms. The second kappa shape index (κ2) is 3.31. The van der Waals surface area contributed by atoms with E-state index in [-0.39, 0.29) is 0 Å². The molecule has 0 bridgehead atoms. The number of benzene rings is 1. The number of hydrogen-bond acceptors (Lipinski definition) is 1. The Balaban J connectivity index is 2.32. The highest BCUT2D eigenvalue weighted by atomic mass is 31.2. The molecule has 1 fully saturated rings. The first-order chi connectivity index (χ1) is 6.21. The van der Waals surface area contributed by atoms with Gasteiger partial charge in [-0.05, 0) is 12.3 Å². The fraction of sp³-hybridized carbons (Fsp3) is 0.455. The third-order valence-electron chi connectivity index (χ3n) is 2.82. The zero-order chi connectivity index (χ0) is 9.31. The molecule has 2 heteroatoms. The molecule has 0 N–H and O–H groups in total. The van der Waals surface area contributed by atoms with Gasteiger partial charge in [0.1, 0.15) is 7.14 Å². The molecule has 0 unspecified atom stereocenters. The Labute approximate surface area is 79.5 Å². The Bertz CT molecular complexity index is 331. The van der Waals surface area contributed by atoms with E-state index in [4.69, 9.17) is 0 Å². The molecular formula is C11H15OP. The van der Waals surface area contributed by atoms with Gasteiger partial charge in [0.05, 0.1) is 0 Å². The van der Waals surface area contributed by atoms with Crippen molar-refractivity contribution >= 4 is 12.4 Å². The van der Waals surface area contributed by atoms with E-state index in [1.165, 1.54) is 0 Å². The molecule has 1 aromatic rings. The molecule has 0 aromatic heterocycles. The molecule has 0 spiro atoms. The monoisotopic (exact) mass is 194 g/mol. The molecule has 0 radical (unpaired) electrons. The Hall–Kier alpha value is -0.550. The van der Waals surface area contributed by atoms with Crippen LogP contribution in [0.15, 0.2) is 30.3 Å². The fourth-order valence-corrected chi connectivity index (χ4v) is 5.46. The maximum Gasteiger partial charge on any atom is 0.115 e. The van der Waals surface area contributed by atoms with Crippen molar-refractivity contribution in [1.82, 2.24) is 0 Å². The summed E-state index contributed by atoms with van der Waals surface area (Å²) in [7, 11) is -1.98. The molecule has 2 atom stereocenters. The standard InChI is InChI=1S/C11H15OP/c1-10-7-8-13(12,9-10)11-5-3-2-4-6-11/h2-6,10H,7-9H2,1H3/t10-,13-/m0/s1. The van der Waals surface area contributed by atoms with Crippen LogP contribution in [0.4, 0.5) is 0 Å². The molecule has 1 heterocycles. The quantitative estimate of drug-likeness (QED) is 0.628. The SMILES string of the molecule is C[C@H]1CC[P@@](=O)(c2ccccc2)C1. The molecule has 1 aliphatic rings. The van der Waals surface area contributed by atoms with Crippen LogP contribution in [0.2, 0.25) is 0 Å². The summed E-state index contributed by atoms with van der Waals surface area (Å²) in [4.78, 5) is 0. The van der Waals surface area contributed by atoms with Crippen LogP contribution < -0.4 is 5.30 Å². The topological polar surface area (TPSA) is 17.1 Å². The van der Waals surface area contributed by atoms with Crippen molar-refractivity contribution in [3.05, 3.63) is 30.3 Å². The van der Waals surface area contributed by atoms with Gasteiger partial charge < -0.3 is 4.57 Å². The Kier molecular flexibility index (Phi) is 2.29. The third kappa shape index (κ3) is 1.71. The minimum atomic E-state index is -1.98. The summed E-state index contributed by atoms with van der Waals surface area (Å²) in [5.41, 5.74) is 0. The highest BCUT2D eigenvalue weighted by Crippen LogP contribution is 2.52. The van der Waals surface area contributed by atoms with Crippen LogP contribution in [0.1, 0.15) is 13.3 Å². The van der Waals surface area contributed by atoms with E-state index < -0.39 is 7.14 Å². The molecule has 0 amide bonds. The van der Waals surface area contributed by atoms with Gasteiger partial charge in [-0.1, -0.05) is 37.3 Å². The normalized spacial score (nSPS) is 33.5. The van der Waals surface area contributed by atoms with Crippen LogP contribution >= 0.6 is 7.14 Å². The average molecular weight is 194 g/mol. The van der Waals surface area contributed by atoms with Crippen LogP contribution in [0.5, 0.6) is 0 Å². The summed E-state index contributed by atoms with van der Waals surface area (Å²) in [5, 5.41) is 1.08. The lowest BCUT2D eigenvalue weighted by molar-refractivity contribution is 0.583. The van der Waals surface area contributed by atoms with Crippen molar-refractivity contribution in [1.29, 1.82) is 0 Å². The summed E-state index contributed by atoms with van der Waals surface area (Å²) < 4.78 is 12.4. The molecular weight excluding hydrogens is 179 g/mol. The zero-order valence-corrected chi connectivity index (χ0v) is 8.84. The van der Waals surface area contributed by atoms with Crippen LogP contribution in [0.25, 0.3) is 0 Å². The van der Waals surface area contributed by atoms with E-state index in [0.717, 1.165) is 24.0 Å². The van der Waals surface area contributed by atoms with E-state index in [1.54, 1.807) is 0 Å². The minimum Gasteiger partial charge on any atom is -0.319 e. The molecule has 1 nitrogen and oxygen atoms in total. The van der Waals surface area contributed by atoms with Gasteiger partial charge in [0.25, 0.3) is 0 Å². The van der Waals surface area contributed by atoms with Gasteiger partial charge in [-0.3, -0.25) is 0 Å². The molecule has 0 aliphatic carbocycles. The molecule has 1 aromatic carbocycles. The predicted molar refractivity (Wildman–Crippen MR) is 57.2 cm³/mol. The van der Waals surface area contributed by atoms with Crippen molar-refractivity contribution in [3.63, 3.8) is 0 Å². The molecule has 1 saturated heterocycles. The van der Waals surface area contributed by atoms with Gasteiger partial charge in [-0.2, -0.15) is 0 Å². The van der Waals surface area contributed by atoms with E-state index >= 15 is 0 Å². The summed E-state index contributed by atoms with van der Waals surface area (Å²) in [5.74, 6) is 0.644. The lowest BCUT2D eigenvalue weighted by atomic mass is 10.2. The third-order valence-corrected chi connectivity index (χ3v) is 6.25. The molecule has 1 aliphatic heterocycles. The Morgan fingerprint density at radius 3 is 2.54 bits per heavy atom. The summed E-state index contributed by atoms with van der Waals surface area (Å²) in [6.45, 7) is 2.20. The maximum absolute atomic E-state index is 12.4. The summed E-state index contributed by atoms with van der Waals surface area (Å²) in [6.07, 6.45) is 2.96. The predicted octanol–water partition coefficient (Wildman–Crippen LogP) is 2.71. The second-order valence-electron chi connectivity index (χ2n) is 4.02. The largest absolute Gasteiger partial charge is 0.319 e. The fourth-order valence-electron chi connectivity index (χ4n) is 2.05. The highest BCUT2D eigenvalue weighted by molar-refractivity contribution is 7.71.